The fourth-order valence-electron chi connectivity index (χ4n) is 3.53. The largest absolute Gasteiger partial charge is 0.411 e. The lowest BCUT2D eigenvalue weighted by Gasteiger charge is -2.39. The fourth-order valence-corrected chi connectivity index (χ4v) is 3.53. The monoisotopic (exact) mass is 466 g/mol. The lowest BCUT2D eigenvalue weighted by Crippen LogP contribution is -2.54. The van der Waals surface area contributed by atoms with Gasteiger partial charge in [0.05, 0.1) is 0 Å². The van der Waals surface area contributed by atoms with E-state index in [0.29, 0.717) is 24.3 Å². The van der Waals surface area contributed by atoms with Crippen LogP contribution in [0.5, 0.6) is 11.5 Å². The highest BCUT2D eigenvalue weighted by Crippen LogP contribution is 2.57. The van der Waals surface area contributed by atoms with Crippen molar-refractivity contribution >= 4 is 0 Å². The summed E-state index contributed by atoms with van der Waals surface area (Å²) < 4.78 is 96.0. The summed E-state index contributed by atoms with van der Waals surface area (Å²) >= 11 is 0. The highest BCUT2D eigenvalue weighted by atomic mass is 19.4. The number of hydrogen-bond acceptors (Lipinski definition) is 4. The van der Waals surface area contributed by atoms with Crippen LogP contribution in [-0.2, 0) is 18.3 Å². The van der Waals surface area contributed by atoms with Gasteiger partial charge in [0.1, 0.15) is 11.5 Å². The van der Waals surface area contributed by atoms with Crippen molar-refractivity contribution in [2.75, 3.05) is 0 Å². The maximum atomic E-state index is 14.4. The van der Waals surface area contributed by atoms with Crippen LogP contribution in [0.4, 0.5) is 26.3 Å². The van der Waals surface area contributed by atoms with Gasteiger partial charge in [-0.2, -0.15) is 26.3 Å². The Labute approximate surface area is 185 Å². The van der Waals surface area contributed by atoms with E-state index < -0.39 is 28.9 Å². The highest BCUT2D eigenvalue weighted by Gasteiger charge is 2.72. The van der Waals surface area contributed by atoms with Crippen LogP contribution in [0.1, 0.15) is 22.3 Å². The summed E-state index contributed by atoms with van der Waals surface area (Å²) in [5.74, 6) is -0.381. The molecule has 0 bridgehead atoms. The average molecular weight is 466 g/mol. The molecule has 172 valence electrons. The third kappa shape index (κ3) is 4.65. The summed E-state index contributed by atoms with van der Waals surface area (Å²) in [5, 5.41) is 17.5. The van der Waals surface area contributed by atoms with Gasteiger partial charge in [-0.1, -0.05) is 36.4 Å². The minimum atomic E-state index is -5.82. The average Bonchev–Trinajstić information content (AvgIpc) is 2.70. The number of halogens is 6. The van der Waals surface area contributed by atoms with Crippen molar-refractivity contribution in [2.45, 2.75) is 30.6 Å². The zero-order chi connectivity index (χ0) is 24.9. The minimum Gasteiger partial charge on any atom is -0.388 e. The summed E-state index contributed by atoms with van der Waals surface area (Å²) in [4.78, 5) is 0. The number of ether oxygens (including phenoxy) is 2. The first-order valence-corrected chi connectivity index (χ1v) is 9.21. The number of nitriles is 2. The summed E-state index contributed by atoms with van der Waals surface area (Å²) in [6.45, 7) is 6.86. The Morgan fingerprint density at radius 2 is 1.09 bits per heavy atom. The van der Waals surface area contributed by atoms with Gasteiger partial charge in [-0.3, -0.25) is 0 Å². The number of allylic oxidation sites excluding steroid dienone is 2. The van der Waals surface area contributed by atoms with Gasteiger partial charge in [0.25, 0.3) is 12.5 Å². The van der Waals surface area contributed by atoms with Crippen LogP contribution in [0.2, 0.25) is 0 Å². The van der Waals surface area contributed by atoms with Gasteiger partial charge in [-0.05, 0) is 36.1 Å². The molecule has 0 heterocycles. The zero-order valence-electron chi connectivity index (χ0n) is 16.9. The maximum Gasteiger partial charge on any atom is 0.411 e. The van der Waals surface area contributed by atoms with Crippen molar-refractivity contribution in [2.24, 2.45) is 0 Å². The fraction of sp³-hybridized carbons (Fsp3) is 0.217. The molecule has 0 aromatic heterocycles. The molecule has 2 aromatic rings. The molecule has 0 N–H and O–H groups in total. The second-order valence-corrected chi connectivity index (χ2v) is 6.76. The molecular formula is C23H16F6N2O2. The summed E-state index contributed by atoms with van der Waals surface area (Å²) in [6.07, 6.45) is -6.74. The molecule has 0 saturated heterocycles. The first-order chi connectivity index (χ1) is 15.5. The van der Waals surface area contributed by atoms with Crippen LogP contribution < -0.4 is 9.47 Å². The first-order valence-electron chi connectivity index (χ1n) is 9.21. The predicted octanol–water partition coefficient (Wildman–Crippen LogP) is 6.27. The van der Waals surface area contributed by atoms with Crippen molar-refractivity contribution in [1.29, 1.82) is 10.5 Å². The second-order valence-electron chi connectivity index (χ2n) is 6.76. The normalized spacial score (nSPS) is 11.8. The molecule has 0 unspecified atom stereocenters. The van der Waals surface area contributed by atoms with Crippen LogP contribution in [-0.4, -0.2) is 12.4 Å². The van der Waals surface area contributed by atoms with Crippen molar-refractivity contribution in [3.8, 4) is 24.0 Å². The van der Waals surface area contributed by atoms with Crippen LogP contribution in [0.25, 0.3) is 0 Å². The number of rotatable bonds is 8. The highest BCUT2D eigenvalue weighted by molar-refractivity contribution is 5.52. The lowest BCUT2D eigenvalue weighted by atomic mass is 9.72. The maximum absolute atomic E-state index is 14.4. The number of alkyl halides is 6. The van der Waals surface area contributed by atoms with Gasteiger partial charge < -0.3 is 9.47 Å². The molecule has 0 radical (unpaired) electrons. The van der Waals surface area contributed by atoms with Crippen LogP contribution in [0, 0.1) is 23.0 Å². The van der Waals surface area contributed by atoms with E-state index in [1.807, 2.05) is 0 Å². The van der Waals surface area contributed by atoms with Gasteiger partial charge in [0, 0.05) is 11.1 Å². The Morgan fingerprint density at radius 1 is 0.727 bits per heavy atom. The van der Waals surface area contributed by atoms with Crippen LogP contribution in [0.3, 0.4) is 0 Å². The summed E-state index contributed by atoms with van der Waals surface area (Å²) in [6, 6.07) is 4.38. The van der Waals surface area contributed by atoms with E-state index in [-0.39, 0.29) is 35.5 Å². The minimum absolute atomic E-state index is 0.0855. The van der Waals surface area contributed by atoms with Crippen molar-refractivity contribution < 1.29 is 35.8 Å². The Kier molecular flexibility index (Phi) is 7.45. The smallest absolute Gasteiger partial charge is 0.388 e. The molecule has 33 heavy (non-hydrogen) atoms. The Morgan fingerprint density at radius 3 is 1.36 bits per heavy atom. The molecule has 0 saturated carbocycles. The summed E-state index contributed by atoms with van der Waals surface area (Å²) in [7, 11) is 0. The SMILES string of the molecule is C=CCc1cc(C(c2ccc(OC#N)c(CC=C)c2)(C(F)(F)F)C(F)(F)F)ccc1OC#N. The van der Waals surface area contributed by atoms with Gasteiger partial charge in [-0.25, -0.2) is 0 Å². The van der Waals surface area contributed by atoms with E-state index in [1.165, 1.54) is 24.7 Å². The molecule has 0 atom stereocenters. The Hall–Kier alpha value is -3.92. The van der Waals surface area contributed by atoms with Gasteiger partial charge >= 0.3 is 12.4 Å². The number of hydrogen-bond donors (Lipinski definition) is 0. The van der Waals surface area contributed by atoms with Gasteiger partial charge in [0.2, 0.25) is 5.41 Å². The van der Waals surface area contributed by atoms with Crippen molar-refractivity contribution in [1.82, 2.24) is 0 Å². The van der Waals surface area contributed by atoms with Crippen LogP contribution >= 0.6 is 0 Å². The standard InChI is InChI=1S/C23H16F6N2O2/c1-3-5-15-11-17(7-9-19(15)32-13-30)21(22(24,25)26,23(27,28)29)18-8-10-20(33-14-31)16(12-18)6-4-2/h3-4,7-12H,1-2,5-6H2. The molecule has 0 spiro atoms. The van der Waals surface area contributed by atoms with E-state index in [0.717, 1.165) is 12.1 Å². The van der Waals surface area contributed by atoms with E-state index in [2.05, 4.69) is 22.6 Å². The first kappa shape index (κ1) is 25.3. The molecule has 10 heteroatoms. The lowest BCUT2D eigenvalue weighted by molar-refractivity contribution is -0.288. The Balaban J connectivity index is 2.97. The van der Waals surface area contributed by atoms with E-state index in [4.69, 9.17) is 10.5 Å². The third-order valence-electron chi connectivity index (χ3n) is 4.88. The van der Waals surface area contributed by atoms with Gasteiger partial charge in [0.15, 0.2) is 0 Å². The molecule has 0 aliphatic rings. The molecule has 0 amide bonds. The van der Waals surface area contributed by atoms with Crippen LogP contribution in [0.15, 0.2) is 61.7 Å². The summed E-state index contributed by atoms with van der Waals surface area (Å²) in [5.41, 5.74) is -6.84. The predicted molar refractivity (Wildman–Crippen MR) is 106 cm³/mol. The molecule has 0 aliphatic carbocycles. The zero-order valence-corrected chi connectivity index (χ0v) is 16.9. The van der Waals surface area contributed by atoms with E-state index in [9.17, 15) is 26.3 Å². The molecule has 2 rings (SSSR count). The van der Waals surface area contributed by atoms with Gasteiger partial charge in [-0.15, -0.1) is 23.7 Å². The quantitative estimate of drug-likeness (QED) is 0.261. The van der Waals surface area contributed by atoms with E-state index >= 15 is 0 Å². The topological polar surface area (TPSA) is 66.0 Å². The molecule has 2 aromatic carbocycles. The van der Waals surface area contributed by atoms with E-state index in [1.54, 1.807) is 0 Å². The molecule has 0 aliphatic heterocycles. The second kappa shape index (κ2) is 9.70. The third-order valence-corrected chi connectivity index (χ3v) is 4.88. The number of nitrogens with zero attached hydrogens (tertiary/aromatic N) is 2. The Bertz CT molecular complexity index is 1030. The molecule has 4 nitrogen and oxygen atoms in total. The van der Waals surface area contributed by atoms with Crippen molar-refractivity contribution in [3.05, 3.63) is 84.0 Å². The molecule has 0 fully saturated rings. The molecular weight excluding hydrogens is 450 g/mol. The van der Waals surface area contributed by atoms with Crippen molar-refractivity contribution in [3.63, 3.8) is 0 Å². The number of benzene rings is 2.